The Kier molecular flexibility index (Phi) is 3.19. The van der Waals surface area contributed by atoms with Gasteiger partial charge < -0.3 is 4.90 Å². The first-order valence-corrected chi connectivity index (χ1v) is 5.94. The van der Waals surface area contributed by atoms with Gasteiger partial charge in [0.25, 0.3) is 5.69 Å². The van der Waals surface area contributed by atoms with Crippen LogP contribution in [0.15, 0.2) is 12.1 Å². The number of hydrogen-bond donors (Lipinski definition) is 0. The molecule has 17 heavy (non-hydrogen) atoms. The van der Waals surface area contributed by atoms with Crippen LogP contribution in [0.1, 0.15) is 20.3 Å². The third-order valence-corrected chi connectivity index (χ3v) is 3.25. The Labute approximate surface area is 105 Å². The van der Waals surface area contributed by atoms with Crippen LogP contribution in [-0.4, -0.2) is 22.5 Å². The van der Waals surface area contributed by atoms with Gasteiger partial charge in [0.2, 0.25) is 0 Å². The van der Waals surface area contributed by atoms with Crippen molar-refractivity contribution in [2.45, 2.75) is 26.3 Å². The van der Waals surface area contributed by atoms with Gasteiger partial charge in [0.05, 0.1) is 17.1 Å². The molecule has 1 aromatic heterocycles. The van der Waals surface area contributed by atoms with Gasteiger partial charge in [-0.3, -0.25) is 10.1 Å². The fourth-order valence-electron chi connectivity index (χ4n) is 2.34. The maximum atomic E-state index is 10.8. The summed E-state index contributed by atoms with van der Waals surface area (Å²) in [6.07, 6.45) is 1.07. The van der Waals surface area contributed by atoms with Crippen molar-refractivity contribution in [2.75, 3.05) is 11.4 Å². The average molecular weight is 256 g/mol. The van der Waals surface area contributed by atoms with E-state index < -0.39 is 4.92 Å². The molecule has 1 saturated heterocycles. The van der Waals surface area contributed by atoms with Crippen LogP contribution in [0.3, 0.4) is 0 Å². The number of hydrogen-bond acceptors (Lipinski definition) is 4. The number of aromatic nitrogens is 1. The molecule has 1 aliphatic heterocycles. The van der Waals surface area contributed by atoms with Crippen LogP contribution >= 0.6 is 11.6 Å². The second-order valence-electron chi connectivity index (χ2n) is 4.61. The lowest BCUT2D eigenvalue weighted by Gasteiger charge is -2.22. The van der Waals surface area contributed by atoms with Crippen LogP contribution in [0.4, 0.5) is 11.5 Å². The molecule has 0 radical (unpaired) electrons. The minimum absolute atomic E-state index is 0.00764. The third-order valence-electron chi connectivity index (χ3n) is 3.05. The van der Waals surface area contributed by atoms with Crippen molar-refractivity contribution in [3.63, 3.8) is 0 Å². The zero-order valence-corrected chi connectivity index (χ0v) is 10.5. The van der Waals surface area contributed by atoms with Crippen LogP contribution in [0.25, 0.3) is 0 Å². The smallest absolute Gasteiger partial charge is 0.276 e. The van der Waals surface area contributed by atoms with Gasteiger partial charge in [-0.05, 0) is 19.3 Å². The maximum absolute atomic E-state index is 10.8. The average Bonchev–Trinajstić information content (AvgIpc) is 2.57. The lowest BCUT2D eigenvalue weighted by Crippen LogP contribution is -2.27. The highest BCUT2D eigenvalue weighted by molar-refractivity contribution is 6.29. The molecule has 2 unspecified atom stereocenters. The second kappa shape index (κ2) is 4.49. The zero-order chi connectivity index (χ0) is 12.6. The monoisotopic (exact) mass is 255 g/mol. The van der Waals surface area contributed by atoms with Gasteiger partial charge in [-0.2, -0.15) is 0 Å². The lowest BCUT2D eigenvalue weighted by atomic mass is 10.1. The molecule has 1 fully saturated rings. The van der Waals surface area contributed by atoms with Crippen molar-refractivity contribution in [1.29, 1.82) is 0 Å². The Morgan fingerprint density at radius 1 is 1.53 bits per heavy atom. The van der Waals surface area contributed by atoms with Crippen LogP contribution in [0, 0.1) is 16.0 Å². The molecule has 6 heteroatoms. The summed E-state index contributed by atoms with van der Waals surface area (Å²) in [5, 5.41) is 10.9. The van der Waals surface area contributed by atoms with Gasteiger partial charge in [-0.15, -0.1) is 0 Å². The van der Waals surface area contributed by atoms with Gasteiger partial charge in [-0.1, -0.05) is 18.5 Å². The minimum Gasteiger partial charge on any atom is -0.353 e. The number of rotatable bonds is 2. The van der Waals surface area contributed by atoms with E-state index in [0.717, 1.165) is 13.0 Å². The molecule has 0 bridgehead atoms. The molecule has 0 aromatic carbocycles. The number of halogens is 1. The van der Waals surface area contributed by atoms with E-state index in [9.17, 15) is 10.1 Å². The molecule has 1 aromatic rings. The fourth-order valence-corrected chi connectivity index (χ4v) is 2.54. The first-order valence-electron chi connectivity index (χ1n) is 5.56. The van der Waals surface area contributed by atoms with Gasteiger partial charge in [0.15, 0.2) is 0 Å². The van der Waals surface area contributed by atoms with E-state index in [4.69, 9.17) is 11.6 Å². The Balaban J connectivity index is 2.35. The van der Waals surface area contributed by atoms with E-state index in [1.54, 1.807) is 0 Å². The number of anilines is 1. The summed E-state index contributed by atoms with van der Waals surface area (Å²) in [7, 11) is 0. The highest BCUT2D eigenvalue weighted by Gasteiger charge is 2.28. The third kappa shape index (κ3) is 2.49. The molecule has 5 nitrogen and oxygen atoms in total. The van der Waals surface area contributed by atoms with Gasteiger partial charge >= 0.3 is 0 Å². The van der Waals surface area contributed by atoms with E-state index in [2.05, 4.69) is 23.7 Å². The maximum Gasteiger partial charge on any atom is 0.276 e. The first-order chi connectivity index (χ1) is 7.97. The largest absolute Gasteiger partial charge is 0.353 e. The number of nitrogens with zero attached hydrogens (tertiary/aromatic N) is 3. The number of pyridine rings is 1. The van der Waals surface area contributed by atoms with Crippen molar-refractivity contribution in [3.8, 4) is 0 Å². The standard InChI is InChI=1S/C11H14ClN3O2/c1-7-3-8(2)14(6-7)11-5-9(15(16)17)4-10(12)13-11/h4-5,7-8H,3,6H2,1-2H3. The van der Waals surface area contributed by atoms with E-state index in [-0.39, 0.29) is 10.8 Å². The summed E-state index contributed by atoms with van der Waals surface area (Å²) in [4.78, 5) is 16.6. The van der Waals surface area contributed by atoms with Crippen LogP contribution in [-0.2, 0) is 0 Å². The Morgan fingerprint density at radius 2 is 2.24 bits per heavy atom. The summed E-state index contributed by atoms with van der Waals surface area (Å²) in [5.74, 6) is 1.17. The zero-order valence-electron chi connectivity index (χ0n) is 9.76. The molecular weight excluding hydrogens is 242 g/mol. The number of nitro groups is 1. The molecule has 2 heterocycles. The first kappa shape index (κ1) is 12.1. The highest BCUT2D eigenvalue weighted by Crippen LogP contribution is 2.30. The summed E-state index contributed by atoms with van der Waals surface area (Å²) in [6.45, 7) is 5.12. The fraction of sp³-hybridized carbons (Fsp3) is 0.545. The van der Waals surface area contributed by atoms with Crippen LogP contribution in [0.5, 0.6) is 0 Å². The molecule has 0 aliphatic carbocycles. The van der Waals surface area contributed by atoms with Crippen molar-refractivity contribution < 1.29 is 4.92 Å². The Bertz CT molecular complexity index is 452. The van der Waals surface area contributed by atoms with Gasteiger partial charge in [0.1, 0.15) is 11.0 Å². The van der Waals surface area contributed by atoms with Crippen molar-refractivity contribution in [3.05, 3.63) is 27.4 Å². The van der Waals surface area contributed by atoms with Crippen LogP contribution < -0.4 is 4.90 Å². The SMILES string of the molecule is CC1CC(C)N(c2cc([N+](=O)[O-])cc(Cl)n2)C1. The predicted octanol–water partition coefficient (Wildman–Crippen LogP) is 2.88. The van der Waals surface area contributed by atoms with Gasteiger partial charge in [-0.25, -0.2) is 4.98 Å². The molecule has 92 valence electrons. The molecule has 2 rings (SSSR count). The van der Waals surface area contributed by atoms with E-state index in [0.29, 0.717) is 17.8 Å². The van der Waals surface area contributed by atoms with E-state index in [1.807, 2.05) is 0 Å². The summed E-state index contributed by atoms with van der Waals surface area (Å²) >= 11 is 5.81. The second-order valence-corrected chi connectivity index (χ2v) is 4.99. The highest BCUT2D eigenvalue weighted by atomic mass is 35.5. The molecule has 0 spiro atoms. The topological polar surface area (TPSA) is 59.3 Å². The molecular formula is C11H14ClN3O2. The molecule has 0 N–H and O–H groups in total. The molecule has 2 atom stereocenters. The molecule has 0 saturated carbocycles. The Hall–Kier alpha value is -1.36. The van der Waals surface area contributed by atoms with Crippen molar-refractivity contribution in [1.82, 2.24) is 4.98 Å². The van der Waals surface area contributed by atoms with Crippen molar-refractivity contribution in [2.24, 2.45) is 5.92 Å². The predicted molar refractivity (Wildman–Crippen MR) is 66.5 cm³/mol. The van der Waals surface area contributed by atoms with E-state index in [1.165, 1.54) is 12.1 Å². The van der Waals surface area contributed by atoms with Gasteiger partial charge in [0, 0.05) is 12.6 Å². The minimum atomic E-state index is -0.443. The Morgan fingerprint density at radius 3 is 2.76 bits per heavy atom. The summed E-state index contributed by atoms with van der Waals surface area (Å²) in [5.41, 5.74) is -0.00764. The summed E-state index contributed by atoms with van der Waals surface area (Å²) in [6, 6.07) is 3.10. The molecule has 0 amide bonds. The van der Waals surface area contributed by atoms with Crippen LogP contribution in [0.2, 0.25) is 5.15 Å². The molecule has 1 aliphatic rings. The lowest BCUT2D eigenvalue weighted by molar-refractivity contribution is -0.384. The summed E-state index contributed by atoms with van der Waals surface area (Å²) < 4.78 is 0. The normalized spacial score (nSPS) is 24.1. The van der Waals surface area contributed by atoms with E-state index >= 15 is 0 Å². The quantitative estimate of drug-likeness (QED) is 0.463. The van der Waals surface area contributed by atoms with Crippen molar-refractivity contribution >= 4 is 23.1 Å².